The third-order valence-electron chi connectivity index (χ3n) is 2.51. The first-order valence-corrected chi connectivity index (χ1v) is 5.98. The van der Waals surface area contributed by atoms with Gasteiger partial charge in [-0.1, -0.05) is 0 Å². The standard InChI is InChI=1S/C11H11N5S/c1-6-3-8-9(12)14-10(15-11(8)17-6)7-4-13-16(2)5-7/h3-5H,1-2H3,(H2,12,14,15). The maximum atomic E-state index is 5.94. The van der Waals surface area contributed by atoms with E-state index in [1.165, 1.54) is 4.88 Å². The van der Waals surface area contributed by atoms with E-state index < -0.39 is 0 Å². The van der Waals surface area contributed by atoms with Crippen LogP contribution < -0.4 is 5.73 Å². The number of rotatable bonds is 1. The summed E-state index contributed by atoms with van der Waals surface area (Å²) in [4.78, 5) is 10.9. The minimum absolute atomic E-state index is 0.526. The molecule has 0 aliphatic heterocycles. The van der Waals surface area contributed by atoms with Crippen LogP contribution in [0.25, 0.3) is 21.6 Å². The van der Waals surface area contributed by atoms with Crippen molar-refractivity contribution in [2.75, 3.05) is 5.73 Å². The molecule has 0 aliphatic rings. The lowest BCUT2D eigenvalue weighted by molar-refractivity contribution is 0.768. The highest BCUT2D eigenvalue weighted by atomic mass is 32.1. The van der Waals surface area contributed by atoms with Crippen LogP contribution in [-0.2, 0) is 7.05 Å². The number of hydrogen-bond acceptors (Lipinski definition) is 5. The Morgan fingerprint density at radius 2 is 2.18 bits per heavy atom. The molecule has 6 heteroatoms. The Balaban J connectivity index is 2.24. The first-order valence-electron chi connectivity index (χ1n) is 5.16. The fraction of sp³-hybridized carbons (Fsp3) is 0.182. The van der Waals surface area contributed by atoms with E-state index in [0.29, 0.717) is 11.6 Å². The van der Waals surface area contributed by atoms with E-state index in [9.17, 15) is 0 Å². The van der Waals surface area contributed by atoms with Gasteiger partial charge in [0.25, 0.3) is 0 Å². The number of thiophene rings is 1. The number of aromatic nitrogens is 4. The van der Waals surface area contributed by atoms with E-state index in [1.54, 1.807) is 22.2 Å². The van der Waals surface area contributed by atoms with E-state index in [0.717, 1.165) is 15.8 Å². The van der Waals surface area contributed by atoms with Crippen molar-refractivity contribution in [2.45, 2.75) is 6.92 Å². The van der Waals surface area contributed by atoms with Gasteiger partial charge in [-0.05, 0) is 13.0 Å². The zero-order valence-corrected chi connectivity index (χ0v) is 10.3. The molecule has 0 radical (unpaired) electrons. The van der Waals surface area contributed by atoms with Gasteiger partial charge in [-0.15, -0.1) is 11.3 Å². The van der Waals surface area contributed by atoms with Gasteiger partial charge in [-0.3, -0.25) is 4.68 Å². The lowest BCUT2D eigenvalue weighted by Crippen LogP contribution is -1.95. The van der Waals surface area contributed by atoms with Crippen molar-refractivity contribution < 1.29 is 0 Å². The summed E-state index contributed by atoms with van der Waals surface area (Å²) in [5, 5.41) is 5.04. The Hall–Kier alpha value is -1.95. The van der Waals surface area contributed by atoms with Gasteiger partial charge >= 0.3 is 0 Å². The number of nitrogen functional groups attached to an aromatic ring is 1. The second-order valence-corrected chi connectivity index (χ2v) is 5.15. The van der Waals surface area contributed by atoms with Gasteiger partial charge in [0, 0.05) is 18.1 Å². The van der Waals surface area contributed by atoms with Crippen LogP contribution in [0.1, 0.15) is 4.88 Å². The normalized spacial score (nSPS) is 11.2. The Morgan fingerprint density at radius 3 is 2.88 bits per heavy atom. The first-order chi connectivity index (χ1) is 8.13. The Kier molecular flexibility index (Phi) is 2.12. The highest BCUT2D eigenvalue weighted by molar-refractivity contribution is 7.18. The van der Waals surface area contributed by atoms with E-state index in [2.05, 4.69) is 15.1 Å². The summed E-state index contributed by atoms with van der Waals surface area (Å²) in [6.07, 6.45) is 3.61. The summed E-state index contributed by atoms with van der Waals surface area (Å²) in [5.74, 6) is 1.16. The van der Waals surface area contributed by atoms with Crippen LogP contribution in [0.3, 0.4) is 0 Å². The molecule has 0 saturated carbocycles. The molecule has 0 saturated heterocycles. The first kappa shape index (κ1) is 10.2. The molecule has 0 spiro atoms. The molecule has 0 amide bonds. The van der Waals surface area contributed by atoms with Crippen LogP contribution in [-0.4, -0.2) is 19.7 Å². The monoisotopic (exact) mass is 245 g/mol. The number of nitrogens with zero attached hydrogens (tertiary/aromatic N) is 4. The molecular formula is C11H11N5S. The van der Waals surface area contributed by atoms with E-state index >= 15 is 0 Å². The van der Waals surface area contributed by atoms with E-state index in [1.807, 2.05) is 26.2 Å². The fourth-order valence-corrected chi connectivity index (χ4v) is 2.62. The Labute approximate surface area is 102 Å². The Morgan fingerprint density at radius 1 is 1.35 bits per heavy atom. The molecular weight excluding hydrogens is 234 g/mol. The molecule has 86 valence electrons. The molecule has 3 heterocycles. The van der Waals surface area contributed by atoms with Crippen molar-refractivity contribution in [3.05, 3.63) is 23.3 Å². The van der Waals surface area contributed by atoms with Gasteiger partial charge in [-0.25, -0.2) is 9.97 Å². The maximum Gasteiger partial charge on any atom is 0.166 e. The average molecular weight is 245 g/mol. The molecule has 0 fully saturated rings. The lowest BCUT2D eigenvalue weighted by atomic mass is 10.3. The Bertz CT molecular complexity index is 697. The minimum Gasteiger partial charge on any atom is -0.383 e. The predicted molar refractivity (Wildman–Crippen MR) is 68.8 cm³/mol. The summed E-state index contributed by atoms with van der Waals surface area (Å²) in [6.45, 7) is 2.04. The van der Waals surface area contributed by atoms with Crippen molar-refractivity contribution in [2.24, 2.45) is 7.05 Å². The molecule has 3 aromatic rings. The van der Waals surface area contributed by atoms with Crippen LogP contribution >= 0.6 is 11.3 Å². The van der Waals surface area contributed by atoms with Crippen molar-refractivity contribution in [1.82, 2.24) is 19.7 Å². The van der Waals surface area contributed by atoms with E-state index in [4.69, 9.17) is 5.73 Å². The summed E-state index contributed by atoms with van der Waals surface area (Å²) in [6, 6.07) is 2.02. The van der Waals surface area contributed by atoms with Gasteiger partial charge in [0.15, 0.2) is 5.82 Å². The van der Waals surface area contributed by atoms with Crippen LogP contribution in [0.4, 0.5) is 5.82 Å². The molecule has 0 aromatic carbocycles. The molecule has 3 aromatic heterocycles. The number of fused-ring (bicyclic) bond motifs is 1. The molecule has 0 unspecified atom stereocenters. The van der Waals surface area contributed by atoms with Crippen molar-refractivity contribution >= 4 is 27.4 Å². The predicted octanol–water partition coefficient (Wildman–Crippen LogP) is 1.98. The molecule has 0 atom stereocenters. The molecule has 17 heavy (non-hydrogen) atoms. The van der Waals surface area contributed by atoms with Crippen LogP contribution in [0.15, 0.2) is 18.5 Å². The number of anilines is 1. The third-order valence-corrected chi connectivity index (χ3v) is 3.45. The average Bonchev–Trinajstić information content (AvgIpc) is 2.83. The molecule has 3 rings (SSSR count). The number of hydrogen-bond donors (Lipinski definition) is 1. The largest absolute Gasteiger partial charge is 0.383 e. The maximum absolute atomic E-state index is 5.94. The topological polar surface area (TPSA) is 69.6 Å². The fourth-order valence-electron chi connectivity index (χ4n) is 1.73. The van der Waals surface area contributed by atoms with Crippen molar-refractivity contribution in [3.63, 3.8) is 0 Å². The van der Waals surface area contributed by atoms with Gasteiger partial charge in [-0.2, -0.15) is 5.10 Å². The van der Waals surface area contributed by atoms with Crippen LogP contribution in [0.2, 0.25) is 0 Å². The summed E-state index contributed by atoms with van der Waals surface area (Å²) >= 11 is 1.62. The molecule has 5 nitrogen and oxygen atoms in total. The zero-order chi connectivity index (χ0) is 12.0. The second kappa shape index (κ2) is 3.53. The van der Waals surface area contributed by atoms with Gasteiger partial charge in [0.05, 0.1) is 17.1 Å². The summed E-state index contributed by atoms with van der Waals surface area (Å²) < 4.78 is 1.72. The number of nitrogens with two attached hydrogens (primary N) is 1. The molecule has 2 N–H and O–H groups in total. The second-order valence-electron chi connectivity index (χ2n) is 3.91. The summed E-state index contributed by atoms with van der Waals surface area (Å²) in [5.41, 5.74) is 6.82. The minimum atomic E-state index is 0.526. The quantitative estimate of drug-likeness (QED) is 0.711. The van der Waals surface area contributed by atoms with E-state index in [-0.39, 0.29) is 0 Å². The smallest absolute Gasteiger partial charge is 0.166 e. The van der Waals surface area contributed by atoms with Gasteiger partial charge in [0.1, 0.15) is 10.6 Å². The highest BCUT2D eigenvalue weighted by Gasteiger charge is 2.10. The van der Waals surface area contributed by atoms with Crippen molar-refractivity contribution in [3.8, 4) is 11.4 Å². The van der Waals surface area contributed by atoms with Crippen LogP contribution in [0, 0.1) is 6.92 Å². The van der Waals surface area contributed by atoms with Gasteiger partial charge in [0.2, 0.25) is 0 Å². The molecule has 0 aliphatic carbocycles. The van der Waals surface area contributed by atoms with Crippen LogP contribution in [0.5, 0.6) is 0 Å². The lowest BCUT2D eigenvalue weighted by Gasteiger charge is -1.99. The summed E-state index contributed by atoms with van der Waals surface area (Å²) in [7, 11) is 1.86. The zero-order valence-electron chi connectivity index (χ0n) is 9.51. The van der Waals surface area contributed by atoms with Gasteiger partial charge < -0.3 is 5.73 Å². The highest BCUT2D eigenvalue weighted by Crippen LogP contribution is 2.29. The SMILES string of the molecule is Cc1cc2c(N)nc(-c3cnn(C)c3)nc2s1. The molecule has 0 bridgehead atoms. The third kappa shape index (κ3) is 1.66. The van der Waals surface area contributed by atoms with Crippen molar-refractivity contribution in [1.29, 1.82) is 0 Å². The number of aryl methyl sites for hydroxylation is 2.